The molecule has 14 heavy (non-hydrogen) atoms. The van der Waals surface area contributed by atoms with Crippen molar-refractivity contribution in [1.82, 2.24) is 4.98 Å². The number of anilines is 1. The number of thiazole rings is 1. The highest BCUT2D eigenvalue weighted by Crippen LogP contribution is 2.15. The lowest BCUT2D eigenvalue weighted by atomic mass is 10.1. The second kappa shape index (κ2) is 4.95. The first-order valence-corrected chi connectivity index (χ1v) is 5.27. The number of carbonyl (C=O) groups is 1. The van der Waals surface area contributed by atoms with Crippen molar-refractivity contribution < 1.29 is 9.53 Å². The van der Waals surface area contributed by atoms with Gasteiger partial charge in [0.05, 0.1) is 7.11 Å². The molecule has 1 aromatic rings. The minimum atomic E-state index is -0.328. The number of carbonyl (C=O) groups excluding carboxylic acids is 1. The molecule has 1 atom stereocenters. The topological polar surface area (TPSA) is 51.2 Å². The summed E-state index contributed by atoms with van der Waals surface area (Å²) in [6.07, 6.45) is 1.70. The summed E-state index contributed by atoms with van der Waals surface area (Å²) in [5.41, 5.74) is 0. The number of hydrogen-bond acceptors (Lipinski definition) is 5. The first-order chi connectivity index (χ1) is 6.65. The van der Waals surface area contributed by atoms with Crippen LogP contribution in [-0.4, -0.2) is 24.1 Å². The summed E-state index contributed by atoms with van der Waals surface area (Å²) in [5.74, 6) is -0.0819. The van der Waals surface area contributed by atoms with Gasteiger partial charge in [-0.2, -0.15) is 0 Å². The Morgan fingerprint density at radius 2 is 2.36 bits per heavy atom. The third-order valence-electron chi connectivity index (χ3n) is 1.83. The van der Waals surface area contributed by atoms with Crippen LogP contribution in [0.2, 0.25) is 0 Å². The summed E-state index contributed by atoms with van der Waals surface area (Å²) in [4.78, 5) is 15.4. The number of hydrogen-bond donors (Lipinski definition) is 1. The van der Waals surface area contributed by atoms with Crippen molar-refractivity contribution in [3.63, 3.8) is 0 Å². The standard InChI is InChI=1S/C9H14N2O2S/c1-6(2)7(8(12)13-3)11-9-10-4-5-14-9/h4-7H,1-3H3,(H,10,11). The number of nitrogens with one attached hydrogen (secondary N) is 1. The average molecular weight is 214 g/mol. The Kier molecular flexibility index (Phi) is 3.88. The summed E-state index contributed by atoms with van der Waals surface area (Å²) in [6.45, 7) is 3.92. The molecule has 0 spiro atoms. The van der Waals surface area contributed by atoms with Crippen LogP contribution < -0.4 is 5.32 Å². The van der Waals surface area contributed by atoms with E-state index < -0.39 is 0 Å². The van der Waals surface area contributed by atoms with E-state index in [1.54, 1.807) is 6.20 Å². The van der Waals surface area contributed by atoms with E-state index in [-0.39, 0.29) is 17.9 Å². The first kappa shape index (κ1) is 11.0. The summed E-state index contributed by atoms with van der Waals surface area (Å²) in [6, 6.07) is -0.328. The lowest BCUT2D eigenvalue weighted by molar-refractivity contribution is -0.142. The number of aromatic nitrogens is 1. The zero-order valence-corrected chi connectivity index (χ0v) is 9.30. The molecule has 0 aromatic carbocycles. The molecule has 1 N–H and O–H groups in total. The molecular weight excluding hydrogens is 200 g/mol. The van der Waals surface area contributed by atoms with Gasteiger partial charge in [-0.25, -0.2) is 9.78 Å². The van der Waals surface area contributed by atoms with Gasteiger partial charge in [-0.15, -0.1) is 11.3 Å². The van der Waals surface area contributed by atoms with Crippen molar-refractivity contribution in [2.24, 2.45) is 5.92 Å². The van der Waals surface area contributed by atoms with E-state index in [0.29, 0.717) is 0 Å². The molecule has 1 heterocycles. The van der Waals surface area contributed by atoms with Gasteiger partial charge in [0.25, 0.3) is 0 Å². The average Bonchev–Trinajstić information content (AvgIpc) is 2.65. The van der Waals surface area contributed by atoms with E-state index in [9.17, 15) is 4.79 Å². The van der Waals surface area contributed by atoms with E-state index in [4.69, 9.17) is 4.74 Å². The molecule has 0 aliphatic rings. The van der Waals surface area contributed by atoms with Gasteiger partial charge in [0.1, 0.15) is 6.04 Å². The van der Waals surface area contributed by atoms with Crippen LogP contribution in [0.5, 0.6) is 0 Å². The largest absolute Gasteiger partial charge is 0.467 e. The predicted octanol–water partition coefficient (Wildman–Crippen LogP) is 1.75. The highest BCUT2D eigenvalue weighted by Gasteiger charge is 2.23. The fourth-order valence-electron chi connectivity index (χ4n) is 1.05. The third-order valence-corrected chi connectivity index (χ3v) is 2.54. The van der Waals surface area contributed by atoms with Crippen molar-refractivity contribution >= 4 is 22.4 Å². The molecular formula is C9H14N2O2S. The second-order valence-electron chi connectivity index (χ2n) is 3.23. The molecule has 1 unspecified atom stereocenters. The predicted molar refractivity (Wildman–Crippen MR) is 56.4 cm³/mol. The summed E-state index contributed by atoms with van der Waals surface area (Å²) in [7, 11) is 1.39. The smallest absolute Gasteiger partial charge is 0.328 e. The molecule has 0 fully saturated rings. The number of esters is 1. The highest BCUT2D eigenvalue weighted by molar-refractivity contribution is 7.13. The summed E-state index contributed by atoms with van der Waals surface area (Å²) >= 11 is 1.47. The van der Waals surface area contributed by atoms with Crippen LogP contribution >= 0.6 is 11.3 Å². The van der Waals surface area contributed by atoms with Gasteiger partial charge in [-0.05, 0) is 5.92 Å². The summed E-state index contributed by atoms with van der Waals surface area (Å²) < 4.78 is 4.70. The van der Waals surface area contributed by atoms with Crippen LogP contribution in [0.4, 0.5) is 5.13 Å². The van der Waals surface area contributed by atoms with E-state index in [0.717, 1.165) is 5.13 Å². The zero-order valence-electron chi connectivity index (χ0n) is 8.48. The van der Waals surface area contributed by atoms with Gasteiger partial charge < -0.3 is 10.1 Å². The number of nitrogens with zero attached hydrogens (tertiary/aromatic N) is 1. The van der Waals surface area contributed by atoms with E-state index in [1.165, 1.54) is 18.4 Å². The van der Waals surface area contributed by atoms with E-state index >= 15 is 0 Å². The first-order valence-electron chi connectivity index (χ1n) is 4.39. The van der Waals surface area contributed by atoms with Crippen LogP contribution in [-0.2, 0) is 9.53 Å². The Hall–Kier alpha value is -1.10. The number of ether oxygens (including phenoxy) is 1. The Labute approximate surface area is 87.3 Å². The second-order valence-corrected chi connectivity index (χ2v) is 4.12. The number of methoxy groups -OCH3 is 1. The fourth-order valence-corrected chi connectivity index (χ4v) is 1.62. The molecule has 1 rings (SSSR count). The maximum Gasteiger partial charge on any atom is 0.328 e. The lowest BCUT2D eigenvalue weighted by Crippen LogP contribution is -2.35. The van der Waals surface area contributed by atoms with Gasteiger partial charge >= 0.3 is 5.97 Å². The van der Waals surface area contributed by atoms with Crippen molar-refractivity contribution in [3.8, 4) is 0 Å². The number of rotatable bonds is 4. The quantitative estimate of drug-likeness (QED) is 0.776. The minimum Gasteiger partial charge on any atom is -0.467 e. The molecule has 0 saturated heterocycles. The van der Waals surface area contributed by atoms with Gasteiger partial charge in [0, 0.05) is 11.6 Å². The monoisotopic (exact) mass is 214 g/mol. The van der Waals surface area contributed by atoms with Crippen LogP contribution in [0, 0.1) is 5.92 Å². The van der Waals surface area contributed by atoms with Gasteiger partial charge in [-0.1, -0.05) is 13.8 Å². The van der Waals surface area contributed by atoms with E-state index in [1.807, 2.05) is 19.2 Å². The molecule has 0 saturated carbocycles. The SMILES string of the molecule is COC(=O)C(Nc1nccs1)C(C)C. The maximum absolute atomic E-state index is 11.4. The Morgan fingerprint density at radius 3 is 2.79 bits per heavy atom. The molecule has 0 radical (unpaired) electrons. The third kappa shape index (κ3) is 2.70. The Bertz CT molecular complexity index is 285. The van der Waals surface area contributed by atoms with Gasteiger partial charge in [0.2, 0.25) is 0 Å². The van der Waals surface area contributed by atoms with Gasteiger partial charge in [-0.3, -0.25) is 0 Å². The minimum absolute atomic E-state index is 0.173. The molecule has 78 valence electrons. The zero-order chi connectivity index (χ0) is 10.6. The van der Waals surface area contributed by atoms with Gasteiger partial charge in [0.15, 0.2) is 5.13 Å². The lowest BCUT2D eigenvalue weighted by Gasteiger charge is -2.18. The maximum atomic E-state index is 11.4. The van der Waals surface area contributed by atoms with Crippen molar-refractivity contribution in [3.05, 3.63) is 11.6 Å². The molecule has 4 nitrogen and oxygen atoms in total. The van der Waals surface area contributed by atoms with Crippen LogP contribution in [0.25, 0.3) is 0 Å². The Balaban J connectivity index is 2.65. The highest BCUT2D eigenvalue weighted by atomic mass is 32.1. The van der Waals surface area contributed by atoms with Crippen LogP contribution in [0.1, 0.15) is 13.8 Å². The van der Waals surface area contributed by atoms with Crippen LogP contribution in [0.15, 0.2) is 11.6 Å². The van der Waals surface area contributed by atoms with Crippen molar-refractivity contribution in [2.45, 2.75) is 19.9 Å². The normalized spacial score (nSPS) is 12.6. The Morgan fingerprint density at radius 1 is 1.64 bits per heavy atom. The molecule has 0 aliphatic heterocycles. The summed E-state index contributed by atoms with van der Waals surface area (Å²) in [5, 5.41) is 5.64. The molecule has 5 heteroatoms. The molecule has 0 amide bonds. The molecule has 1 aromatic heterocycles. The van der Waals surface area contributed by atoms with E-state index in [2.05, 4.69) is 10.3 Å². The van der Waals surface area contributed by atoms with Crippen molar-refractivity contribution in [2.75, 3.05) is 12.4 Å². The fraction of sp³-hybridized carbons (Fsp3) is 0.556. The van der Waals surface area contributed by atoms with Crippen molar-refractivity contribution in [1.29, 1.82) is 0 Å². The van der Waals surface area contributed by atoms with Crippen LogP contribution in [0.3, 0.4) is 0 Å². The molecule has 0 aliphatic carbocycles. The molecule has 0 bridgehead atoms.